The predicted octanol–water partition coefficient (Wildman–Crippen LogP) is 3.70. The standard InChI is InChI=1S/C15H15IN4/c1-2-8-20-14(11-9-10(16)5-6-12(11)17)19-13-4-3-7-18-15(13)20/h3-7,9H,2,8,17H2,1H3. The van der Waals surface area contributed by atoms with E-state index in [0.29, 0.717) is 0 Å². The van der Waals surface area contributed by atoms with Gasteiger partial charge < -0.3 is 10.3 Å². The average Bonchev–Trinajstić information content (AvgIpc) is 2.81. The van der Waals surface area contributed by atoms with Crippen molar-refractivity contribution in [3.8, 4) is 11.4 Å². The maximum Gasteiger partial charge on any atom is 0.160 e. The number of halogens is 1. The van der Waals surface area contributed by atoms with Crippen LogP contribution in [-0.4, -0.2) is 14.5 Å². The summed E-state index contributed by atoms with van der Waals surface area (Å²) in [7, 11) is 0. The fraction of sp³-hybridized carbons (Fsp3) is 0.200. The summed E-state index contributed by atoms with van der Waals surface area (Å²) in [4.78, 5) is 9.18. The number of aryl methyl sites for hydroxylation is 1. The number of hydrogen-bond donors (Lipinski definition) is 1. The first-order valence-corrected chi connectivity index (χ1v) is 7.65. The minimum Gasteiger partial charge on any atom is -0.398 e. The number of pyridine rings is 1. The zero-order chi connectivity index (χ0) is 14.1. The van der Waals surface area contributed by atoms with E-state index in [-0.39, 0.29) is 0 Å². The fourth-order valence-corrected chi connectivity index (χ4v) is 2.81. The van der Waals surface area contributed by atoms with Crippen LogP contribution in [0.3, 0.4) is 0 Å². The molecule has 2 heterocycles. The molecule has 4 nitrogen and oxygen atoms in total. The van der Waals surface area contributed by atoms with Crippen LogP contribution in [-0.2, 0) is 6.54 Å². The highest BCUT2D eigenvalue weighted by Gasteiger charge is 2.15. The lowest BCUT2D eigenvalue weighted by Gasteiger charge is -2.09. The number of imidazole rings is 1. The van der Waals surface area contributed by atoms with Gasteiger partial charge in [-0.1, -0.05) is 6.92 Å². The van der Waals surface area contributed by atoms with Gasteiger partial charge in [-0.05, 0) is 59.3 Å². The maximum atomic E-state index is 6.13. The minimum absolute atomic E-state index is 0.748. The third kappa shape index (κ3) is 2.26. The number of hydrogen-bond acceptors (Lipinski definition) is 3. The van der Waals surface area contributed by atoms with Crippen molar-refractivity contribution in [3.05, 3.63) is 40.1 Å². The molecule has 0 spiro atoms. The Bertz CT molecular complexity index is 764. The van der Waals surface area contributed by atoms with Crippen LogP contribution >= 0.6 is 22.6 Å². The monoisotopic (exact) mass is 378 g/mol. The van der Waals surface area contributed by atoms with E-state index >= 15 is 0 Å². The van der Waals surface area contributed by atoms with Gasteiger partial charge in [0.2, 0.25) is 0 Å². The summed E-state index contributed by atoms with van der Waals surface area (Å²) in [6.45, 7) is 3.03. The highest BCUT2D eigenvalue weighted by atomic mass is 127. The number of anilines is 1. The van der Waals surface area contributed by atoms with Gasteiger partial charge in [0.15, 0.2) is 5.65 Å². The molecule has 0 aliphatic carbocycles. The number of nitrogens with two attached hydrogens (primary N) is 1. The molecule has 3 aromatic rings. The van der Waals surface area contributed by atoms with Gasteiger partial charge in [-0.2, -0.15) is 0 Å². The molecule has 0 radical (unpaired) electrons. The SMILES string of the molecule is CCCn1c(-c2cc(I)ccc2N)nc2cccnc21. The molecule has 20 heavy (non-hydrogen) atoms. The quantitative estimate of drug-likeness (QED) is 0.559. The van der Waals surface area contributed by atoms with Gasteiger partial charge in [-0.25, -0.2) is 9.97 Å². The van der Waals surface area contributed by atoms with Crippen molar-refractivity contribution in [2.75, 3.05) is 5.73 Å². The Morgan fingerprint density at radius 3 is 2.95 bits per heavy atom. The summed E-state index contributed by atoms with van der Waals surface area (Å²) in [6, 6.07) is 9.91. The predicted molar refractivity (Wildman–Crippen MR) is 90.4 cm³/mol. The zero-order valence-corrected chi connectivity index (χ0v) is 13.3. The smallest absolute Gasteiger partial charge is 0.160 e. The van der Waals surface area contributed by atoms with Crippen LogP contribution in [0, 0.1) is 3.57 Å². The summed E-state index contributed by atoms with van der Waals surface area (Å²) < 4.78 is 3.30. The van der Waals surface area contributed by atoms with Crippen molar-refractivity contribution in [2.45, 2.75) is 19.9 Å². The molecule has 0 aliphatic heterocycles. The van der Waals surface area contributed by atoms with E-state index in [1.807, 2.05) is 24.3 Å². The number of nitrogens with zero attached hydrogens (tertiary/aromatic N) is 3. The highest BCUT2D eigenvalue weighted by molar-refractivity contribution is 14.1. The normalized spacial score (nSPS) is 11.1. The van der Waals surface area contributed by atoms with Crippen LogP contribution in [0.15, 0.2) is 36.5 Å². The highest BCUT2D eigenvalue weighted by Crippen LogP contribution is 2.29. The van der Waals surface area contributed by atoms with Gasteiger partial charge in [-0.3, -0.25) is 0 Å². The van der Waals surface area contributed by atoms with Crippen LogP contribution in [0.2, 0.25) is 0 Å². The molecule has 102 valence electrons. The lowest BCUT2D eigenvalue weighted by atomic mass is 10.1. The molecule has 0 atom stereocenters. The van der Waals surface area contributed by atoms with Crippen LogP contribution in [0.25, 0.3) is 22.6 Å². The van der Waals surface area contributed by atoms with Crippen molar-refractivity contribution >= 4 is 39.4 Å². The molecule has 0 aliphatic rings. The number of rotatable bonds is 3. The average molecular weight is 378 g/mol. The lowest BCUT2D eigenvalue weighted by molar-refractivity contribution is 0.698. The Morgan fingerprint density at radius 2 is 2.15 bits per heavy atom. The molecule has 2 aromatic heterocycles. The molecule has 0 saturated carbocycles. The second-order valence-corrected chi connectivity index (χ2v) is 5.91. The minimum atomic E-state index is 0.748. The van der Waals surface area contributed by atoms with Crippen molar-refractivity contribution in [3.63, 3.8) is 0 Å². The zero-order valence-electron chi connectivity index (χ0n) is 11.2. The van der Waals surface area contributed by atoms with Crippen LogP contribution < -0.4 is 5.73 Å². The second kappa shape index (κ2) is 5.40. The molecule has 0 unspecified atom stereocenters. The van der Waals surface area contributed by atoms with Crippen LogP contribution in [0.5, 0.6) is 0 Å². The molecule has 1 aromatic carbocycles. The fourth-order valence-electron chi connectivity index (χ4n) is 2.32. The van der Waals surface area contributed by atoms with E-state index in [9.17, 15) is 0 Å². The Balaban J connectivity index is 2.29. The van der Waals surface area contributed by atoms with Crippen molar-refractivity contribution in [2.24, 2.45) is 0 Å². The summed E-state index contributed by atoms with van der Waals surface area (Å²) in [5.41, 5.74) is 9.69. The van der Waals surface area contributed by atoms with E-state index in [1.165, 1.54) is 0 Å². The Kier molecular flexibility index (Phi) is 3.60. The second-order valence-electron chi connectivity index (χ2n) is 4.66. The summed E-state index contributed by atoms with van der Waals surface area (Å²) in [5.74, 6) is 0.900. The van der Waals surface area contributed by atoms with E-state index in [1.54, 1.807) is 6.20 Å². The third-order valence-electron chi connectivity index (χ3n) is 3.21. The summed E-state index contributed by atoms with van der Waals surface area (Å²) >= 11 is 2.29. The molecule has 5 heteroatoms. The molecular weight excluding hydrogens is 363 g/mol. The van der Waals surface area contributed by atoms with E-state index in [2.05, 4.69) is 45.1 Å². The Labute approximate surface area is 131 Å². The van der Waals surface area contributed by atoms with Gasteiger partial charge in [-0.15, -0.1) is 0 Å². The molecule has 0 bridgehead atoms. The first-order chi connectivity index (χ1) is 9.70. The number of benzene rings is 1. The van der Waals surface area contributed by atoms with Crippen molar-refractivity contribution in [1.82, 2.24) is 14.5 Å². The Hall–Kier alpha value is -1.63. The number of aromatic nitrogens is 3. The molecule has 0 fully saturated rings. The van der Waals surface area contributed by atoms with Crippen molar-refractivity contribution < 1.29 is 0 Å². The molecule has 2 N–H and O–H groups in total. The van der Waals surface area contributed by atoms with E-state index in [4.69, 9.17) is 10.7 Å². The van der Waals surface area contributed by atoms with Gasteiger partial charge in [0.1, 0.15) is 11.3 Å². The van der Waals surface area contributed by atoms with Crippen LogP contribution in [0.1, 0.15) is 13.3 Å². The first-order valence-electron chi connectivity index (χ1n) is 6.57. The number of nitrogen functional groups attached to an aromatic ring is 1. The Morgan fingerprint density at radius 1 is 1.30 bits per heavy atom. The molecular formula is C15H15IN4. The van der Waals surface area contributed by atoms with Gasteiger partial charge in [0.05, 0.1) is 0 Å². The lowest BCUT2D eigenvalue weighted by Crippen LogP contribution is -2.02. The van der Waals surface area contributed by atoms with Crippen molar-refractivity contribution in [1.29, 1.82) is 0 Å². The summed E-state index contributed by atoms with van der Waals surface area (Å²) in [5, 5.41) is 0. The summed E-state index contributed by atoms with van der Waals surface area (Å²) in [6.07, 6.45) is 2.83. The topological polar surface area (TPSA) is 56.7 Å². The molecule has 3 rings (SSSR count). The van der Waals surface area contributed by atoms with E-state index < -0.39 is 0 Å². The molecule has 0 amide bonds. The first kappa shape index (κ1) is 13.4. The number of fused-ring (bicyclic) bond motifs is 1. The van der Waals surface area contributed by atoms with Gasteiger partial charge in [0, 0.05) is 27.6 Å². The van der Waals surface area contributed by atoms with Gasteiger partial charge in [0.25, 0.3) is 0 Å². The van der Waals surface area contributed by atoms with Crippen LogP contribution in [0.4, 0.5) is 5.69 Å². The largest absolute Gasteiger partial charge is 0.398 e. The molecule has 0 saturated heterocycles. The third-order valence-corrected chi connectivity index (χ3v) is 3.88. The maximum absolute atomic E-state index is 6.13. The van der Waals surface area contributed by atoms with E-state index in [0.717, 1.165) is 44.8 Å². The van der Waals surface area contributed by atoms with Gasteiger partial charge >= 0.3 is 0 Å².